The van der Waals surface area contributed by atoms with Crippen LogP contribution in [0.1, 0.15) is 76.8 Å². The molecule has 4 rings (SSSR count). The Morgan fingerprint density at radius 2 is 1.79 bits per heavy atom. The highest BCUT2D eigenvalue weighted by molar-refractivity contribution is 5.87. The van der Waals surface area contributed by atoms with E-state index in [9.17, 15) is 0 Å². The molecule has 38 heavy (non-hydrogen) atoms. The van der Waals surface area contributed by atoms with Crippen molar-refractivity contribution in [1.29, 1.82) is 0 Å². The number of benzene rings is 1. The maximum absolute atomic E-state index is 6.05. The van der Waals surface area contributed by atoms with Crippen molar-refractivity contribution in [1.82, 2.24) is 19.9 Å². The van der Waals surface area contributed by atoms with Gasteiger partial charge in [0.15, 0.2) is 0 Å². The van der Waals surface area contributed by atoms with Crippen molar-refractivity contribution in [3.05, 3.63) is 41.2 Å². The zero-order chi connectivity index (χ0) is 27.3. The second kappa shape index (κ2) is 15.3. The Labute approximate surface area is 228 Å². The summed E-state index contributed by atoms with van der Waals surface area (Å²) in [7, 11) is 0. The molecule has 0 unspecified atom stereocenters. The molecule has 0 amide bonds. The average molecular weight is 522 g/mol. The second-order valence-electron chi connectivity index (χ2n) is 9.68. The molecule has 8 heteroatoms. The molecule has 1 aliphatic heterocycles. The quantitative estimate of drug-likeness (QED) is 0.208. The molecule has 2 N–H and O–H groups in total. The van der Waals surface area contributed by atoms with E-state index in [1.165, 1.54) is 35.9 Å². The van der Waals surface area contributed by atoms with Gasteiger partial charge < -0.3 is 14.6 Å². The Morgan fingerprint density at radius 1 is 1.05 bits per heavy atom. The third-order valence-electron chi connectivity index (χ3n) is 6.81. The fourth-order valence-corrected chi connectivity index (χ4v) is 4.76. The van der Waals surface area contributed by atoms with Gasteiger partial charge in [-0.15, -0.1) is 0 Å². The van der Waals surface area contributed by atoms with Gasteiger partial charge in [0.2, 0.25) is 0 Å². The van der Waals surface area contributed by atoms with Crippen LogP contribution in [0, 0.1) is 13.8 Å². The Kier molecular flexibility index (Phi) is 11.9. The van der Waals surface area contributed by atoms with E-state index in [0.29, 0.717) is 12.6 Å². The summed E-state index contributed by atoms with van der Waals surface area (Å²) in [6, 6.07) is 8.65. The number of hydrazone groups is 1. The number of aryl methyl sites for hydroxylation is 2. The maximum Gasteiger partial charge on any atom is 0.319 e. The molecule has 1 aromatic carbocycles. The summed E-state index contributed by atoms with van der Waals surface area (Å²) in [5.74, 6) is 0.892. The van der Waals surface area contributed by atoms with Crippen molar-refractivity contribution < 1.29 is 4.74 Å². The van der Waals surface area contributed by atoms with Gasteiger partial charge in [-0.1, -0.05) is 34.1 Å². The molecule has 0 spiro atoms. The van der Waals surface area contributed by atoms with E-state index in [4.69, 9.17) is 9.72 Å². The van der Waals surface area contributed by atoms with Crippen molar-refractivity contribution in [2.75, 3.05) is 49.7 Å². The van der Waals surface area contributed by atoms with Crippen LogP contribution in [0.3, 0.4) is 0 Å². The van der Waals surface area contributed by atoms with Gasteiger partial charge in [0.1, 0.15) is 12.4 Å². The van der Waals surface area contributed by atoms with E-state index in [2.05, 4.69) is 70.1 Å². The van der Waals surface area contributed by atoms with Crippen LogP contribution in [-0.4, -0.2) is 65.4 Å². The molecule has 208 valence electrons. The van der Waals surface area contributed by atoms with Crippen molar-refractivity contribution in [2.24, 2.45) is 5.10 Å². The number of nitrogens with zero attached hydrogens (tertiary/aromatic N) is 5. The molecule has 0 saturated carbocycles. The normalized spacial score (nSPS) is 13.9. The van der Waals surface area contributed by atoms with Crippen LogP contribution < -0.4 is 15.1 Å². The molecule has 2 aromatic heterocycles. The minimum atomic E-state index is 0.419. The van der Waals surface area contributed by atoms with Crippen LogP contribution in [-0.2, 0) is 0 Å². The average Bonchev–Trinajstić information content (AvgIpc) is 3.23. The number of fused-ring (bicyclic) bond motifs is 1. The van der Waals surface area contributed by atoms with Gasteiger partial charge in [-0.3, -0.25) is 10.3 Å². The first kappa shape index (κ1) is 29.4. The summed E-state index contributed by atoms with van der Waals surface area (Å²) in [6.07, 6.45) is 7.75. The monoisotopic (exact) mass is 521 g/mol. The van der Waals surface area contributed by atoms with Crippen molar-refractivity contribution >= 4 is 28.6 Å². The number of ether oxygens (including phenoxy) is 1. The Morgan fingerprint density at radius 3 is 2.50 bits per heavy atom. The van der Waals surface area contributed by atoms with E-state index in [0.717, 1.165) is 68.3 Å². The molecular weight excluding hydrogens is 474 g/mol. The summed E-state index contributed by atoms with van der Waals surface area (Å²) in [6.45, 7) is 18.3. The lowest BCUT2D eigenvalue weighted by molar-refractivity contribution is 0.177. The molecule has 1 saturated heterocycles. The summed E-state index contributed by atoms with van der Waals surface area (Å²) in [5, 5.41) is 5.69. The maximum atomic E-state index is 6.05. The number of piperidine rings is 1. The van der Waals surface area contributed by atoms with Crippen molar-refractivity contribution in [3.8, 4) is 6.01 Å². The molecule has 0 radical (unpaired) electrons. The van der Waals surface area contributed by atoms with E-state index in [-0.39, 0.29) is 0 Å². The molecular formula is C30H47N7O. The van der Waals surface area contributed by atoms with Crippen LogP contribution in [0.25, 0.3) is 10.9 Å². The van der Waals surface area contributed by atoms with Crippen LogP contribution in [0.5, 0.6) is 6.01 Å². The predicted octanol–water partition coefficient (Wildman–Crippen LogP) is 6.54. The molecule has 1 fully saturated rings. The van der Waals surface area contributed by atoms with Gasteiger partial charge in [-0.25, -0.2) is 0 Å². The van der Waals surface area contributed by atoms with Crippen LogP contribution in [0.15, 0.2) is 29.4 Å². The summed E-state index contributed by atoms with van der Waals surface area (Å²) in [4.78, 5) is 17.6. The second-order valence-corrected chi connectivity index (χ2v) is 9.68. The molecule has 1 aliphatic rings. The number of aromatic amines is 1. The van der Waals surface area contributed by atoms with Gasteiger partial charge in [-0.05, 0) is 76.4 Å². The van der Waals surface area contributed by atoms with Gasteiger partial charge in [0, 0.05) is 42.3 Å². The fourth-order valence-electron chi connectivity index (χ4n) is 4.76. The van der Waals surface area contributed by atoms with E-state index >= 15 is 0 Å². The number of hydrogen-bond acceptors (Lipinski definition) is 7. The first-order chi connectivity index (χ1) is 18.6. The summed E-state index contributed by atoms with van der Waals surface area (Å²) >= 11 is 0. The topological polar surface area (TPSA) is 81.7 Å². The highest BCUT2D eigenvalue weighted by Crippen LogP contribution is 2.24. The van der Waals surface area contributed by atoms with Gasteiger partial charge in [0.05, 0.1) is 17.6 Å². The lowest BCUT2D eigenvalue weighted by Crippen LogP contribution is -2.33. The highest BCUT2D eigenvalue weighted by atomic mass is 16.5. The number of aromatic nitrogens is 3. The van der Waals surface area contributed by atoms with Crippen molar-refractivity contribution in [2.45, 2.75) is 73.6 Å². The van der Waals surface area contributed by atoms with E-state index < -0.39 is 0 Å². The van der Waals surface area contributed by atoms with E-state index in [1.54, 1.807) is 6.21 Å². The minimum absolute atomic E-state index is 0.419. The smallest absolute Gasteiger partial charge is 0.319 e. The molecule has 0 atom stereocenters. The summed E-state index contributed by atoms with van der Waals surface area (Å²) in [5.41, 5.74) is 8.41. The first-order valence-electron chi connectivity index (χ1n) is 14.4. The lowest BCUT2D eigenvalue weighted by atomic mass is 10.1. The SMILES string of the molecule is CC.CCCN(CCC)c1cc(/C=N/Nc2ccc3[nH]c(C)c(C)c3c2)nc(OCCN2CCCCC2)n1. The third-order valence-corrected chi connectivity index (χ3v) is 6.81. The fraction of sp³-hybridized carbons (Fsp3) is 0.567. The standard InChI is InChI=1S/C28H41N7O.C2H6/c1-5-12-35(13-6-2)27-19-24(31-28(32-27)36-17-16-34-14-8-7-9-15-34)20-29-33-23-10-11-26-25(18-23)21(3)22(4)30-26;1-2/h10-11,18-20,30,33H,5-9,12-17H2,1-4H3;1-2H3/b29-20+;. The number of nitrogens with one attached hydrogen (secondary N) is 2. The van der Waals surface area contributed by atoms with Crippen LogP contribution in [0.2, 0.25) is 0 Å². The Bertz CT molecular complexity index is 1140. The summed E-state index contributed by atoms with van der Waals surface area (Å²) < 4.78 is 6.05. The number of likely N-dealkylation sites (tertiary alicyclic amines) is 1. The number of anilines is 2. The first-order valence-corrected chi connectivity index (χ1v) is 14.4. The Balaban J connectivity index is 0.00000195. The minimum Gasteiger partial charge on any atom is -0.462 e. The lowest BCUT2D eigenvalue weighted by Gasteiger charge is -2.26. The zero-order valence-electron chi connectivity index (χ0n) is 24.3. The third kappa shape index (κ3) is 8.18. The zero-order valence-corrected chi connectivity index (χ0v) is 24.3. The van der Waals surface area contributed by atoms with Gasteiger partial charge >= 0.3 is 6.01 Å². The molecule has 0 bridgehead atoms. The number of hydrogen-bond donors (Lipinski definition) is 2. The van der Waals surface area contributed by atoms with Gasteiger partial charge in [-0.2, -0.15) is 15.1 Å². The number of rotatable bonds is 12. The van der Waals surface area contributed by atoms with E-state index in [1.807, 2.05) is 26.0 Å². The molecule has 8 nitrogen and oxygen atoms in total. The Hall–Kier alpha value is -3.13. The molecule has 0 aliphatic carbocycles. The van der Waals surface area contributed by atoms with Crippen LogP contribution >= 0.6 is 0 Å². The van der Waals surface area contributed by atoms with Crippen molar-refractivity contribution in [3.63, 3.8) is 0 Å². The van der Waals surface area contributed by atoms with Gasteiger partial charge in [0.25, 0.3) is 0 Å². The predicted molar refractivity (Wildman–Crippen MR) is 161 cm³/mol. The molecule has 3 aromatic rings. The van der Waals surface area contributed by atoms with Crippen LogP contribution in [0.4, 0.5) is 11.5 Å². The largest absolute Gasteiger partial charge is 0.462 e. The highest BCUT2D eigenvalue weighted by Gasteiger charge is 2.13. The molecule has 3 heterocycles. The number of H-pyrrole nitrogens is 1.